The normalized spacial score (nSPS) is 34.0. The highest BCUT2D eigenvalue weighted by atomic mass is 16.3. The Morgan fingerprint density at radius 2 is 1.80 bits per heavy atom. The lowest BCUT2D eigenvalue weighted by atomic mass is 9.81. The first-order chi connectivity index (χ1) is 12.0. The van der Waals surface area contributed by atoms with E-state index in [4.69, 9.17) is 4.98 Å². The van der Waals surface area contributed by atoms with Gasteiger partial charge in [0, 0.05) is 17.0 Å². The van der Waals surface area contributed by atoms with E-state index in [1.807, 2.05) is 18.3 Å². The zero-order valence-corrected chi connectivity index (χ0v) is 15.0. The van der Waals surface area contributed by atoms with Crippen molar-refractivity contribution in [3.8, 4) is 0 Å². The molecule has 2 heterocycles. The molecule has 1 aromatic carbocycles. The van der Waals surface area contributed by atoms with E-state index >= 15 is 0 Å². The second kappa shape index (κ2) is 4.79. The molecule has 2 aliphatic rings. The highest BCUT2D eigenvalue weighted by Crippen LogP contribution is 2.74. The third-order valence-corrected chi connectivity index (χ3v) is 7.16. The molecule has 2 aromatic heterocycles. The molecule has 0 saturated heterocycles. The average Bonchev–Trinajstić information content (AvgIpc) is 3.30. The maximum Gasteiger partial charge on any atom is 0.110 e. The van der Waals surface area contributed by atoms with Crippen molar-refractivity contribution in [3.63, 3.8) is 0 Å². The standard InChI is InChI=1S/C22H24N2O/c1-13(2)21-11-17(21)14(3)22(25,12-21)18-9-8-16-7-6-15-5-4-10-23-19(15)20(16)24-18/h4-10,13-14,17,25H,11-12H2,1-3H3/t14-,17+,21-,22+/m0/s1. The molecule has 0 aliphatic heterocycles. The maximum absolute atomic E-state index is 11.6. The Bertz CT molecular complexity index is 998. The number of aromatic nitrogens is 2. The number of rotatable bonds is 2. The van der Waals surface area contributed by atoms with Crippen molar-refractivity contribution in [2.75, 3.05) is 0 Å². The van der Waals surface area contributed by atoms with Gasteiger partial charge in [-0.1, -0.05) is 45.0 Å². The van der Waals surface area contributed by atoms with Crippen molar-refractivity contribution < 1.29 is 5.11 Å². The Kier molecular flexibility index (Phi) is 2.93. The zero-order valence-electron chi connectivity index (χ0n) is 15.0. The lowest BCUT2D eigenvalue weighted by Crippen LogP contribution is -2.33. The van der Waals surface area contributed by atoms with E-state index in [-0.39, 0.29) is 5.92 Å². The number of hydrogen-bond donors (Lipinski definition) is 1. The highest BCUT2D eigenvalue weighted by Gasteiger charge is 2.70. The molecule has 4 atom stereocenters. The molecule has 0 amide bonds. The predicted octanol–water partition coefficient (Wildman–Crippen LogP) is 4.67. The van der Waals surface area contributed by atoms with Gasteiger partial charge >= 0.3 is 0 Å². The van der Waals surface area contributed by atoms with Crippen LogP contribution >= 0.6 is 0 Å². The van der Waals surface area contributed by atoms with Crippen molar-refractivity contribution in [3.05, 3.63) is 48.3 Å². The summed E-state index contributed by atoms with van der Waals surface area (Å²) in [6.07, 6.45) is 3.90. The number of pyridine rings is 2. The molecule has 1 N–H and O–H groups in total. The number of fused-ring (bicyclic) bond motifs is 4. The number of benzene rings is 1. The Morgan fingerprint density at radius 3 is 2.52 bits per heavy atom. The minimum Gasteiger partial charge on any atom is -0.383 e. The molecule has 0 radical (unpaired) electrons. The third kappa shape index (κ3) is 1.90. The van der Waals surface area contributed by atoms with Gasteiger partial charge in [-0.3, -0.25) is 4.98 Å². The molecule has 2 fully saturated rings. The summed E-state index contributed by atoms with van der Waals surface area (Å²) in [4.78, 5) is 9.48. The Labute approximate surface area is 148 Å². The van der Waals surface area contributed by atoms with Crippen molar-refractivity contribution in [2.45, 2.75) is 39.2 Å². The summed E-state index contributed by atoms with van der Waals surface area (Å²) < 4.78 is 0. The van der Waals surface area contributed by atoms with Gasteiger partial charge < -0.3 is 5.11 Å². The molecular weight excluding hydrogens is 308 g/mol. The molecular formula is C22H24N2O. The second-order valence-corrected chi connectivity index (χ2v) is 8.50. The van der Waals surface area contributed by atoms with E-state index in [2.05, 4.69) is 50.0 Å². The molecule has 3 nitrogen and oxygen atoms in total. The number of nitrogens with zero attached hydrogens (tertiary/aromatic N) is 2. The fourth-order valence-electron chi connectivity index (χ4n) is 5.38. The summed E-state index contributed by atoms with van der Waals surface area (Å²) in [6.45, 7) is 6.79. The lowest BCUT2D eigenvalue weighted by molar-refractivity contribution is -0.0217. The Hall–Kier alpha value is -2.00. The van der Waals surface area contributed by atoms with E-state index < -0.39 is 5.60 Å². The quantitative estimate of drug-likeness (QED) is 0.694. The second-order valence-electron chi connectivity index (χ2n) is 8.50. The van der Waals surface area contributed by atoms with Crippen LogP contribution < -0.4 is 0 Å². The molecule has 2 aliphatic carbocycles. The van der Waals surface area contributed by atoms with Crippen LogP contribution in [0.25, 0.3) is 21.8 Å². The molecule has 3 heteroatoms. The van der Waals surface area contributed by atoms with Gasteiger partial charge in [0.15, 0.2) is 0 Å². The van der Waals surface area contributed by atoms with Gasteiger partial charge in [0.1, 0.15) is 5.60 Å². The van der Waals surface area contributed by atoms with E-state index in [1.165, 1.54) is 6.42 Å². The van der Waals surface area contributed by atoms with Crippen LogP contribution in [0, 0.1) is 23.2 Å². The SMILES string of the molecule is CC(C)[C@@]12C[C@@H]1[C@H](C)[C@@](O)(c1ccc3ccc4cccnc4c3n1)C2. The van der Waals surface area contributed by atoms with Crippen molar-refractivity contribution >= 4 is 21.8 Å². The van der Waals surface area contributed by atoms with Crippen molar-refractivity contribution in [2.24, 2.45) is 23.2 Å². The van der Waals surface area contributed by atoms with Crippen LogP contribution in [-0.4, -0.2) is 15.1 Å². The van der Waals surface area contributed by atoms with Crippen LogP contribution in [0.2, 0.25) is 0 Å². The summed E-state index contributed by atoms with van der Waals surface area (Å²) in [7, 11) is 0. The lowest BCUT2D eigenvalue weighted by Gasteiger charge is -2.31. The summed E-state index contributed by atoms with van der Waals surface area (Å²) in [5.74, 6) is 1.49. The van der Waals surface area contributed by atoms with Crippen molar-refractivity contribution in [1.29, 1.82) is 0 Å². The molecule has 0 bridgehead atoms. The first kappa shape index (κ1) is 15.3. The van der Waals surface area contributed by atoms with Gasteiger partial charge in [0.2, 0.25) is 0 Å². The Morgan fingerprint density at radius 1 is 1.08 bits per heavy atom. The monoisotopic (exact) mass is 332 g/mol. The summed E-state index contributed by atoms with van der Waals surface area (Å²) in [5.41, 5.74) is 2.12. The van der Waals surface area contributed by atoms with E-state index in [0.29, 0.717) is 17.3 Å². The zero-order chi connectivity index (χ0) is 17.4. The molecule has 5 rings (SSSR count). The van der Waals surface area contributed by atoms with Crippen molar-refractivity contribution in [1.82, 2.24) is 9.97 Å². The van der Waals surface area contributed by atoms with Crippen LogP contribution in [0.4, 0.5) is 0 Å². The molecule has 25 heavy (non-hydrogen) atoms. The first-order valence-electron chi connectivity index (χ1n) is 9.33. The molecule has 3 aromatic rings. The minimum absolute atomic E-state index is 0.253. The van der Waals surface area contributed by atoms with E-state index in [1.54, 1.807) is 0 Å². The number of aliphatic hydroxyl groups is 1. The van der Waals surface area contributed by atoms with Gasteiger partial charge in [-0.25, -0.2) is 4.98 Å². The van der Waals surface area contributed by atoms with Gasteiger partial charge in [-0.05, 0) is 48.1 Å². The fraction of sp³-hybridized carbons (Fsp3) is 0.455. The van der Waals surface area contributed by atoms with E-state index in [9.17, 15) is 5.11 Å². The van der Waals surface area contributed by atoms with Crippen LogP contribution in [-0.2, 0) is 5.60 Å². The predicted molar refractivity (Wildman–Crippen MR) is 100 cm³/mol. The van der Waals surface area contributed by atoms with Crippen LogP contribution in [0.15, 0.2) is 42.6 Å². The van der Waals surface area contributed by atoms with Gasteiger partial charge in [0.05, 0.1) is 16.7 Å². The highest BCUT2D eigenvalue weighted by molar-refractivity contribution is 6.02. The summed E-state index contributed by atoms with van der Waals surface area (Å²) in [6, 6.07) is 12.3. The van der Waals surface area contributed by atoms with Crippen LogP contribution in [0.1, 0.15) is 39.3 Å². The molecule has 128 valence electrons. The average molecular weight is 332 g/mol. The maximum atomic E-state index is 11.6. The minimum atomic E-state index is -0.821. The Balaban J connectivity index is 1.67. The number of hydrogen-bond acceptors (Lipinski definition) is 3. The first-order valence-corrected chi connectivity index (χ1v) is 9.33. The topological polar surface area (TPSA) is 46.0 Å². The van der Waals surface area contributed by atoms with Gasteiger partial charge in [-0.15, -0.1) is 0 Å². The van der Waals surface area contributed by atoms with E-state index in [0.717, 1.165) is 33.9 Å². The van der Waals surface area contributed by atoms with Crippen LogP contribution in [0.3, 0.4) is 0 Å². The smallest absolute Gasteiger partial charge is 0.110 e. The summed E-state index contributed by atoms with van der Waals surface area (Å²) in [5, 5.41) is 13.8. The molecule has 2 saturated carbocycles. The van der Waals surface area contributed by atoms with Crippen LogP contribution in [0.5, 0.6) is 0 Å². The summed E-state index contributed by atoms with van der Waals surface area (Å²) >= 11 is 0. The largest absolute Gasteiger partial charge is 0.383 e. The molecule has 0 unspecified atom stereocenters. The van der Waals surface area contributed by atoms with Gasteiger partial charge in [0.25, 0.3) is 0 Å². The fourth-order valence-corrected chi connectivity index (χ4v) is 5.38. The van der Waals surface area contributed by atoms with Gasteiger partial charge in [-0.2, -0.15) is 0 Å². The molecule has 0 spiro atoms. The third-order valence-electron chi connectivity index (χ3n) is 7.16.